The van der Waals surface area contributed by atoms with Crippen LogP contribution in [0.2, 0.25) is 0 Å². The van der Waals surface area contributed by atoms with Gasteiger partial charge in [0.15, 0.2) is 0 Å². The van der Waals surface area contributed by atoms with Gasteiger partial charge in [-0.1, -0.05) is 18.2 Å². The third-order valence-corrected chi connectivity index (χ3v) is 5.52. The minimum absolute atomic E-state index is 0.0318. The highest BCUT2D eigenvalue weighted by Crippen LogP contribution is 2.24. The van der Waals surface area contributed by atoms with E-state index in [1.165, 1.54) is 23.0 Å². The second-order valence-corrected chi connectivity index (χ2v) is 8.30. The molecule has 1 atom stereocenters. The molecule has 0 bridgehead atoms. The molecule has 0 spiro atoms. The van der Waals surface area contributed by atoms with Crippen LogP contribution in [0, 0.1) is 18.6 Å². The van der Waals surface area contributed by atoms with Gasteiger partial charge in [-0.3, -0.25) is 14.3 Å². The lowest BCUT2D eigenvalue weighted by atomic mass is 9.93. The molecule has 212 valence electrons. The van der Waals surface area contributed by atoms with Crippen LogP contribution in [0.4, 0.5) is 14.6 Å². The van der Waals surface area contributed by atoms with E-state index in [0.29, 0.717) is 28.9 Å². The number of nitrogens with one attached hydrogen (secondary N) is 3. The number of rotatable bonds is 8. The minimum Gasteiger partial charge on any atom is -0.384 e. The number of hydrogen-bond acceptors (Lipinski definition) is 7. The molecule has 0 saturated carbocycles. The van der Waals surface area contributed by atoms with Gasteiger partial charge in [-0.15, -0.1) is 0 Å². The summed E-state index contributed by atoms with van der Waals surface area (Å²) < 4.78 is 32.3. The predicted octanol–water partition coefficient (Wildman–Crippen LogP) is 3.21. The van der Waals surface area contributed by atoms with Crippen molar-refractivity contribution in [3.63, 3.8) is 0 Å². The number of carbonyl (C=O) groups excluding carboxylic acids is 2. The van der Waals surface area contributed by atoms with Crippen molar-refractivity contribution >= 4 is 18.0 Å². The van der Waals surface area contributed by atoms with Crippen LogP contribution in [-0.2, 0) is 16.6 Å². The van der Waals surface area contributed by atoms with E-state index in [0.717, 1.165) is 11.8 Å². The molecule has 3 aromatic heterocycles. The molecular weight excluding hydrogens is 522 g/mol. The Kier molecular flexibility index (Phi) is 12.8. The van der Waals surface area contributed by atoms with E-state index in [-0.39, 0.29) is 36.4 Å². The number of ether oxygens (including phenoxy) is 1. The van der Waals surface area contributed by atoms with Gasteiger partial charge in [0.05, 0.1) is 13.2 Å². The van der Waals surface area contributed by atoms with Crippen LogP contribution in [0.15, 0.2) is 71.9 Å². The van der Waals surface area contributed by atoms with Gasteiger partial charge in [0.25, 0.3) is 11.5 Å². The Hall–Kier alpha value is -4.71. The van der Waals surface area contributed by atoms with Crippen molar-refractivity contribution in [3.05, 3.63) is 111 Å². The number of halogens is 2. The SMILES string of the molecule is CNc1cc(C(COC)c2cc(F)c[nH]c2=O)ccn1.Cc1ccccc1F.Cn1nccc1C(=O)NCC=O. The standard InChI is InChI=1S/C14H16FN3O2.C7H7F.C7H9N3O2/c1-16-13-5-9(3-4-17-13)12(8-20-2)11-6-10(15)7-18-14(11)19;1-6-4-2-3-5-7(6)8;1-10-6(2-3-9-10)7(12)8-4-5-11/h3-7,12H,8H2,1-2H3,(H,16,17)(H,18,19);2-5H,1H3;2-3,5H,4H2,1H3,(H,8,12). The molecule has 4 rings (SSSR count). The maximum Gasteiger partial charge on any atom is 0.269 e. The number of benzene rings is 1. The predicted molar refractivity (Wildman–Crippen MR) is 147 cm³/mol. The summed E-state index contributed by atoms with van der Waals surface area (Å²) in [5, 5.41) is 9.15. The van der Waals surface area contributed by atoms with Gasteiger partial charge >= 0.3 is 0 Å². The smallest absolute Gasteiger partial charge is 0.269 e. The van der Waals surface area contributed by atoms with Crippen molar-refractivity contribution in [1.29, 1.82) is 0 Å². The van der Waals surface area contributed by atoms with Crippen molar-refractivity contribution in [2.75, 3.05) is 32.6 Å². The molecule has 0 aliphatic rings. The second kappa shape index (κ2) is 16.3. The molecule has 4 aromatic rings. The van der Waals surface area contributed by atoms with E-state index in [2.05, 4.69) is 25.7 Å². The van der Waals surface area contributed by atoms with Crippen molar-refractivity contribution in [3.8, 4) is 0 Å². The van der Waals surface area contributed by atoms with Crippen molar-refractivity contribution in [1.82, 2.24) is 25.1 Å². The highest BCUT2D eigenvalue weighted by atomic mass is 19.1. The number of pyridine rings is 2. The molecule has 0 aliphatic carbocycles. The molecule has 40 heavy (non-hydrogen) atoms. The normalized spacial score (nSPS) is 10.8. The molecular formula is C28H32F2N6O4. The van der Waals surface area contributed by atoms with E-state index in [9.17, 15) is 23.2 Å². The van der Waals surface area contributed by atoms with Gasteiger partial charge < -0.3 is 25.1 Å². The Bertz CT molecular complexity index is 1420. The molecule has 0 saturated heterocycles. The van der Waals surface area contributed by atoms with E-state index in [1.54, 1.807) is 58.6 Å². The van der Waals surface area contributed by atoms with E-state index < -0.39 is 5.82 Å². The summed E-state index contributed by atoms with van der Waals surface area (Å²) in [5.74, 6) is -0.579. The van der Waals surface area contributed by atoms with Crippen LogP contribution >= 0.6 is 0 Å². The lowest BCUT2D eigenvalue weighted by Gasteiger charge is -2.16. The number of amides is 1. The average Bonchev–Trinajstić information content (AvgIpc) is 3.40. The summed E-state index contributed by atoms with van der Waals surface area (Å²) in [5.41, 5.74) is 1.99. The number of aryl methyl sites for hydroxylation is 2. The molecule has 3 heterocycles. The summed E-state index contributed by atoms with van der Waals surface area (Å²) in [7, 11) is 4.96. The highest BCUT2D eigenvalue weighted by molar-refractivity contribution is 5.93. The Morgan fingerprint density at radius 2 is 1.93 bits per heavy atom. The van der Waals surface area contributed by atoms with Gasteiger partial charge in [-0.05, 0) is 48.4 Å². The second-order valence-electron chi connectivity index (χ2n) is 8.30. The van der Waals surface area contributed by atoms with Gasteiger partial charge in [-0.25, -0.2) is 13.8 Å². The van der Waals surface area contributed by atoms with Gasteiger partial charge in [0.2, 0.25) is 0 Å². The van der Waals surface area contributed by atoms with Crippen LogP contribution in [0.1, 0.15) is 33.1 Å². The number of hydrogen-bond donors (Lipinski definition) is 3. The van der Waals surface area contributed by atoms with E-state index in [1.807, 2.05) is 12.1 Å². The average molecular weight is 555 g/mol. The monoisotopic (exact) mass is 554 g/mol. The first kappa shape index (κ1) is 31.5. The third-order valence-electron chi connectivity index (χ3n) is 5.52. The Balaban J connectivity index is 0.000000236. The first-order chi connectivity index (χ1) is 19.2. The molecule has 0 fully saturated rings. The lowest BCUT2D eigenvalue weighted by Crippen LogP contribution is -2.27. The van der Waals surface area contributed by atoms with Crippen LogP contribution in [0.25, 0.3) is 0 Å². The fourth-order valence-corrected chi connectivity index (χ4v) is 3.44. The van der Waals surface area contributed by atoms with E-state index in [4.69, 9.17) is 4.74 Å². The summed E-state index contributed by atoms with van der Waals surface area (Å²) in [6.07, 6.45) is 4.84. The summed E-state index contributed by atoms with van der Waals surface area (Å²) in [4.78, 5) is 39.5. The maximum atomic E-state index is 13.4. The van der Waals surface area contributed by atoms with Crippen molar-refractivity contribution < 1.29 is 23.1 Å². The molecule has 0 radical (unpaired) electrons. The van der Waals surface area contributed by atoms with E-state index >= 15 is 0 Å². The number of aromatic nitrogens is 4. The molecule has 1 aromatic carbocycles. The summed E-state index contributed by atoms with van der Waals surface area (Å²) >= 11 is 0. The maximum absolute atomic E-state index is 13.4. The third kappa shape index (κ3) is 9.55. The molecule has 0 aliphatic heterocycles. The Labute approximate surface area is 230 Å². The quantitative estimate of drug-likeness (QED) is 0.285. The first-order valence-corrected chi connectivity index (χ1v) is 12.1. The molecule has 12 heteroatoms. The zero-order valence-corrected chi connectivity index (χ0v) is 22.7. The van der Waals surface area contributed by atoms with Crippen LogP contribution in [0.3, 0.4) is 0 Å². The zero-order valence-electron chi connectivity index (χ0n) is 22.7. The number of anilines is 1. The first-order valence-electron chi connectivity index (χ1n) is 12.1. The van der Waals surface area contributed by atoms with Crippen LogP contribution in [-0.4, -0.2) is 59.3 Å². The summed E-state index contributed by atoms with van der Waals surface area (Å²) in [6.45, 7) is 2.05. The topological polar surface area (TPSA) is 131 Å². The van der Waals surface area contributed by atoms with Crippen molar-refractivity contribution in [2.24, 2.45) is 7.05 Å². The Morgan fingerprint density at radius 1 is 1.18 bits per heavy atom. The fraction of sp³-hybridized carbons (Fsp3) is 0.250. The van der Waals surface area contributed by atoms with Gasteiger partial charge in [0.1, 0.15) is 29.4 Å². The van der Waals surface area contributed by atoms with Gasteiger partial charge in [0, 0.05) is 51.3 Å². The zero-order chi connectivity index (χ0) is 29.5. The number of aromatic amines is 1. The number of methoxy groups -OCH3 is 1. The number of H-pyrrole nitrogens is 1. The fourth-order valence-electron chi connectivity index (χ4n) is 3.44. The largest absolute Gasteiger partial charge is 0.384 e. The minimum atomic E-state index is -0.483. The number of aldehydes is 1. The number of carbonyl (C=O) groups is 2. The van der Waals surface area contributed by atoms with Crippen LogP contribution < -0.4 is 16.2 Å². The molecule has 3 N–H and O–H groups in total. The summed E-state index contributed by atoms with van der Waals surface area (Å²) in [6, 6.07) is 13.1. The van der Waals surface area contributed by atoms with Crippen LogP contribution in [0.5, 0.6) is 0 Å². The van der Waals surface area contributed by atoms with Crippen molar-refractivity contribution in [2.45, 2.75) is 12.8 Å². The number of nitrogens with zero attached hydrogens (tertiary/aromatic N) is 3. The Morgan fingerprint density at radius 3 is 2.50 bits per heavy atom. The highest BCUT2D eigenvalue weighted by Gasteiger charge is 2.19. The molecule has 1 amide bonds. The molecule has 10 nitrogen and oxygen atoms in total. The lowest BCUT2D eigenvalue weighted by molar-refractivity contribution is -0.107. The van der Waals surface area contributed by atoms with Gasteiger partial charge in [-0.2, -0.15) is 5.10 Å². The molecule has 1 unspecified atom stereocenters.